The maximum absolute atomic E-state index is 13.7. The predicted octanol–water partition coefficient (Wildman–Crippen LogP) is 7.78. The van der Waals surface area contributed by atoms with E-state index in [4.69, 9.17) is 23.2 Å². The zero-order chi connectivity index (χ0) is 22.2. The molecule has 0 bridgehead atoms. The number of sulfone groups is 1. The predicted molar refractivity (Wildman–Crippen MR) is 129 cm³/mol. The molecule has 4 aromatic carbocycles. The van der Waals surface area contributed by atoms with E-state index in [1.807, 2.05) is 74.5 Å². The molecule has 0 saturated carbocycles. The molecular formula is C26H20Cl2O2S. The molecule has 0 aliphatic heterocycles. The second kappa shape index (κ2) is 8.51. The van der Waals surface area contributed by atoms with Crippen LogP contribution in [0, 0.1) is 13.8 Å². The van der Waals surface area contributed by atoms with Gasteiger partial charge in [-0.1, -0.05) is 96.0 Å². The average Bonchev–Trinajstić information content (AvgIpc) is 2.75. The van der Waals surface area contributed by atoms with Crippen LogP contribution in [0.25, 0.3) is 22.3 Å². The van der Waals surface area contributed by atoms with Crippen molar-refractivity contribution < 1.29 is 8.42 Å². The average molecular weight is 467 g/mol. The number of hydrogen-bond acceptors (Lipinski definition) is 2. The van der Waals surface area contributed by atoms with Gasteiger partial charge in [0.2, 0.25) is 9.84 Å². The Balaban J connectivity index is 1.94. The molecular weight excluding hydrogens is 447 g/mol. The molecule has 156 valence electrons. The lowest BCUT2D eigenvalue weighted by Crippen LogP contribution is -2.06. The fraction of sp³-hybridized carbons (Fsp3) is 0.0769. The quantitative estimate of drug-likeness (QED) is 0.307. The van der Waals surface area contributed by atoms with Crippen LogP contribution in [0.15, 0.2) is 94.7 Å². The maximum atomic E-state index is 13.7. The first-order valence-corrected chi connectivity index (χ1v) is 12.0. The first-order valence-electron chi connectivity index (χ1n) is 9.76. The molecule has 4 rings (SSSR count). The molecule has 0 heterocycles. The topological polar surface area (TPSA) is 34.1 Å². The van der Waals surface area contributed by atoms with E-state index in [0.29, 0.717) is 11.1 Å². The van der Waals surface area contributed by atoms with E-state index < -0.39 is 9.84 Å². The van der Waals surface area contributed by atoms with Crippen molar-refractivity contribution in [1.29, 1.82) is 0 Å². The molecule has 0 amide bonds. The van der Waals surface area contributed by atoms with Crippen LogP contribution in [-0.2, 0) is 9.84 Å². The van der Waals surface area contributed by atoms with Crippen LogP contribution in [0.5, 0.6) is 0 Å². The number of hydrogen-bond donors (Lipinski definition) is 0. The van der Waals surface area contributed by atoms with Gasteiger partial charge in [0.25, 0.3) is 0 Å². The van der Waals surface area contributed by atoms with Crippen LogP contribution in [0.2, 0.25) is 10.0 Å². The van der Waals surface area contributed by atoms with Gasteiger partial charge in [-0.3, -0.25) is 0 Å². The fourth-order valence-corrected chi connectivity index (χ4v) is 6.42. The summed E-state index contributed by atoms with van der Waals surface area (Å²) in [7, 11) is -3.96. The summed E-state index contributed by atoms with van der Waals surface area (Å²) in [5, 5.41) is 0.396. The summed E-state index contributed by atoms with van der Waals surface area (Å²) in [6.45, 7) is 3.83. The second-order valence-corrected chi connectivity index (χ2v) is 10.0. The van der Waals surface area contributed by atoms with Crippen LogP contribution in [-0.4, -0.2) is 8.42 Å². The lowest BCUT2D eigenvalue weighted by Gasteiger charge is -2.16. The van der Waals surface area contributed by atoms with Gasteiger partial charge in [0.15, 0.2) is 0 Å². The van der Waals surface area contributed by atoms with Crippen LogP contribution >= 0.6 is 23.2 Å². The van der Waals surface area contributed by atoms with Gasteiger partial charge in [0.05, 0.1) is 19.8 Å². The number of halogens is 2. The van der Waals surface area contributed by atoms with E-state index >= 15 is 0 Å². The Morgan fingerprint density at radius 2 is 0.903 bits per heavy atom. The van der Waals surface area contributed by atoms with Gasteiger partial charge in [-0.05, 0) is 48.2 Å². The first-order chi connectivity index (χ1) is 14.8. The largest absolute Gasteiger partial charge is 0.218 e. The molecule has 2 nitrogen and oxygen atoms in total. The Kier molecular flexibility index (Phi) is 5.94. The van der Waals surface area contributed by atoms with Crippen molar-refractivity contribution >= 4 is 33.0 Å². The van der Waals surface area contributed by atoms with E-state index in [-0.39, 0.29) is 19.8 Å². The van der Waals surface area contributed by atoms with Crippen molar-refractivity contribution in [3.63, 3.8) is 0 Å². The molecule has 0 aliphatic carbocycles. The Bertz CT molecular complexity index is 1260. The molecule has 0 unspecified atom stereocenters. The summed E-state index contributed by atoms with van der Waals surface area (Å²) >= 11 is 13.4. The van der Waals surface area contributed by atoms with Crippen molar-refractivity contribution in [2.45, 2.75) is 23.6 Å². The van der Waals surface area contributed by atoms with Gasteiger partial charge in [-0.2, -0.15) is 0 Å². The van der Waals surface area contributed by atoms with E-state index in [0.717, 1.165) is 22.3 Å². The minimum absolute atomic E-state index is 0.0448. The zero-order valence-corrected chi connectivity index (χ0v) is 19.4. The van der Waals surface area contributed by atoms with Gasteiger partial charge in [0, 0.05) is 11.1 Å². The Morgan fingerprint density at radius 3 is 1.26 bits per heavy atom. The van der Waals surface area contributed by atoms with Crippen LogP contribution < -0.4 is 0 Å². The van der Waals surface area contributed by atoms with E-state index in [9.17, 15) is 8.42 Å². The van der Waals surface area contributed by atoms with Crippen molar-refractivity contribution in [2.24, 2.45) is 0 Å². The van der Waals surface area contributed by atoms with Crippen molar-refractivity contribution in [3.05, 3.63) is 106 Å². The highest BCUT2D eigenvalue weighted by atomic mass is 35.5. The Morgan fingerprint density at radius 1 is 0.548 bits per heavy atom. The molecule has 0 radical (unpaired) electrons. The lowest BCUT2D eigenvalue weighted by molar-refractivity contribution is 0.596. The van der Waals surface area contributed by atoms with Crippen LogP contribution in [0.3, 0.4) is 0 Å². The highest BCUT2D eigenvalue weighted by molar-refractivity contribution is 7.91. The summed E-state index contributed by atoms with van der Waals surface area (Å²) in [5.41, 5.74) is 4.93. The summed E-state index contributed by atoms with van der Waals surface area (Å²) in [4.78, 5) is 0.0896. The standard InChI is InChI=1S/C26H20Cl2O2S/c1-17-13-15-21(25(27)23(17)19-9-5-3-6-10-19)31(29,30)22-16-14-18(2)24(26(22)28)20-11-7-4-8-12-20/h3-16H,1-2H3. The summed E-state index contributed by atoms with van der Waals surface area (Å²) in [6, 6.07) is 25.7. The molecule has 0 atom stereocenters. The normalized spacial score (nSPS) is 11.5. The van der Waals surface area contributed by atoms with E-state index in [1.54, 1.807) is 24.3 Å². The minimum atomic E-state index is -3.96. The second-order valence-electron chi connectivity index (χ2n) is 7.37. The molecule has 0 N–H and O–H groups in total. The smallest absolute Gasteiger partial charge is 0.209 e. The molecule has 0 saturated heterocycles. The third kappa shape index (κ3) is 3.89. The van der Waals surface area contributed by atoms with Gasteiger partial charge in [-0.25, -0.2) is 8.42 Å². The molecule has 0 fully saturated rings. The van der Waals surface area contributed by atoms with Gasteiger partial charge in [0.1, 0.15) is 0 Å². The molecule has 31 heavy (non-hydrogen) atoms. The molecule has 5 heteroatoms. The van der Waals surface area contributed by atoms with E-state index in [1.165, 1.54) is 0 Å². The molecule has 4 aromatic rings. The first kappa shape index (κ1) is 21.6. The van der Waals surface area contributed by atoms with Crippen molar-refractivity contribution in [1.82, 2.24) is 0 Å². The third-order valence-electron chi connectivity index (χ3n) is 5.33. The maximum Gasteiger partial charge on any atom is 0.209 e. The lowest BCUT2D eigenvalue weighted by atomic mass is 10.0. The monoisotopic (exact) mass is 466 g/mol. The van der Waals surface area contributed by atoms with Crippen molar-refractivity contribution in [2.75, 3.05) is 0 Å². The Hall–Kier alpha value is -2.59. The Labute approximate surface area is 193 Å². The van der Waals surface area contributed by atoms with E-state index in [2.05, 4.69) is 0 Å². The SMILES string of the molecule is Cc1ccc(S(=O)(=O)c2ccc(C)c(-c3ccccc3)c2Cl)c(Cl)c1-c1ccccc1. The fourth-order valence-electron chi connectivity index (χ4n) is 3.76. The summed E-state index contributed by atoms with van der Waals surface area (Å²) in [6.07, 6.45) is 0. The zero-order valence-electron chi connectivity index (χ0n) is 17.1. The van der Waals surface area contributed by atoms with Crippen molar-refractivity contribution in [3.8, 4) is 22.3 Å². The number of benzene rings is 4. The molecule has 0 spiro atoms. The van der Waals surface area contributed by atoms with Crippen LogP contribution in [0.4, 0.5) is 0 Å². The highest BCUT2D eigenvalue weighted by Crippen LogP contribution is 2.42. The highest BCUT2D eigenvalue weighted by Gasteiger charge is 2.28. The number of rotatable bonds is 4. The summed E-state index contributed by atoms with van der Waals surface area (Å²) < 4.78 is 27.4. The summed E-state index contributed by atoms with van der Waals surface area (Å²) in [5.74, 6) is 0. The number of aryl methyl sites for hydroxylation is 2. The van der Waals surface area contributed by atoms with Gasteiger partial charge >= 0.3 is 0 Å². The van der Waals surface area contributed by atoms with Crippen LogP contribution in [0.1, 0.15) is 11.1 Å². The van der Waals surface area contributed by atoms with Gasteiger partial charge in [-0.15, -0.1) is 0 Å². The van der Waals surface area contributed by atoms with Gasteiger partial charge < -0.3 is 0 Å². The molecule has 0 aliphatic rings. The minimum Gasteiger partial charge on any atom is -0.218 e. The molecule has 0 aromatic heterocycles. The third-order valence-corrected chi connectivity index (χ3v) is 8.18.